The van der Waals surface area contributed by atoms with Crippen LogP contribution in [0.4, 0.5) is 5.69 Å². The average molecular weight is 273 g/mol. The first-order valence-electron chi connectivity index (χ1n) is 6.43. The lowest BCUT2D eigenvalue weighted by atomic mass is 10.2. The SMILES string of the molecule is Cc1c(N)cccc1SCCCOc1ccccc1. The first-order valence-corrected chi connectivity index (χ1v) is 7.41. The third kappa shape index (κ3) is 4.21. The maximum absolute atomic E-state index is 5.89. The van der Waals surface area contributed by atoms with Crippen LogP contribution in [0.1, 0.15) is 12.0 Å². The van der Waals surface area contributed by atoms with Crippen molar-refractivity contribution in [2.45, 2.75) is 18.2 Å². The molecule has 0 heterocycles. The van der Waals surface area contributed by atoms with Crippen molar-refractivity contribution in [3.8, 4) is 5.75 Å². The maximum Gasteiger partial charge on any atom is 0.119 e. The van der Waals surface area contributed by atoms with Gasteiger partial charge >= 0.3 is 0 Å². The second kappa shape index (κ2) is 7.10. The van der Waals surface area contributed by atoms with Crippen LogP contribution in [0.2, 0.25) is 0 Å². The van der Waals surface area contributed by atoms with E-state index in [1.807, 2.05) is 54.2 Å². The minimum absolute atomic E-state index is 0.748. The van der Waals surface area contributed by atoms with Gasteiger partial charge in [-0.1, -0.05) is 24.3 Å². The molecule has 100 valence electrons. The minimum Gasteiger partial charge on any atom is -0.494 e. The Balaban J connectivity index is 1.71. The molecule has 0 saturated heterocycles. The maximum atomic E-state index is 5.89. The van der Waals surface area contributed by atoms with E-state index < -0.39 is 0 Å². The van der Waals surface area contributed by atoms with Crippen LogP contribution in [0.25, 0.3) is 0 Å². The number of hydrogen-bond acceptors (Lipinski definition) is 3. The van der Waals surface area contributed by atoms with Crippen LogP contribution in [0.15, 0.2) is 53.4 Å². The van der Waals surface area contributed by atoms with E-state index in [2.05, 4.69) is 13.0 Å². The highest BCUT2D eigenvalue weighted by Crippen LogP contribution is 2.26. The lowest BCUT2D eigenvalue weighted by Crippen LogP contribution is -1.99. The van der Waals surface area contributed by atoms with Crippen LogP contribution < -0.4 is 10.5 Å². The van der Waals surface area contributed by atoms with Crippen LogP contribution in [0.3, 0.4) is 0 Å². The predicted molar refractivity (Wildman–Crippen MR) is 82.9 cm³/mol. The molecule has 0 spiro atoms. The number of para-hydroxylation sites is 1. The lowest BCUT2D eigenvalue weighted by Gasteiger charge is -2.08. The molecule has 0 aliphatic heterocycles. The molecule has 0 atom stereocenters. The zero-order chi connectivity index (χ0) is 13.5. The molecule has 0 aromatic heterocycles. The number of nitrogens with two attached hydrogens (primary N) is 1. The second-order valence-corrected chi connectivity index (χ2v) is 5.47. The Morgan fingerprint density at radius 2 is 1.84 bits per heavy atom. The van der Waals surface area contributed by atoms with Gasteiger partial charge in [0.25, 0.3) is 0 Å². The number of anilines is 1. The van der Waals surface area contributed by atoms with Gasteiger partial charge in [0.05, 0.1) is 6.61 Å². The lowest BCUT2D eigenvalue weighted by molar-refractivity contribution is 0.318. The van der Waals surface area contributed by atoms with Crippen molar-refractivity contribution in [3.63, 3.8) is 0 Å². The Morgan fingerprint density at radius 3 is 2.63 bits per heavy atom. The van der Waals surface area contributed by atoms with Crippen LogP contribution in [-0.4, -0.2) is 12.4 Å². The summed E-state index contributed by atoms with van der Waals surface area (Å²) >= 11 is 1.84. The second-order valence-electron chi connectivity index (χ2n) is 4.33. The molecule has 0 unspecified atom stereocenters. The zero-order valence-electron chi connectivity index (χ0n) is 11.1. The molecule has 0 amide bonds. The molecule has 2 rings (SSSR count). The summed E-state index contributed by atoms with van der Waals surface area (Å²) in [5.41, 5.74) is 7.93. The van der Waals surface area contributed by atoms with Gasteiger partial charge in [0.1, 0.15) is 5.75 Å². The first-order chi connectivity index (χ1) is 9.27. The largest absolute Gasteiger partial charge is 0.494 e. The van der Waals surface area contributed by atoms with Crippen LogP contribution in [-0.2, 0) is 0 Å². The predicted octanol–water partition coefficient (Wildman–Crippen LogP) is 4.14. The molecule has 0 radical (unpaired) electrons. The van der Waals surface area contributed by atoms with E-state index >= 15 is 0 Å². The molecular formula is C16H19NOS. The number of thioether (sulfide) groups is 1. The average Bonchev–Trinajstić information content (AvgIpc) is 2.44. The first kappa shape index (κ1) is 13.8. The van der Waals surface area contributed by atoms with Crippen molar-refractivity contribution in [3.05, 3.63) is 54.1 Å². The Kier molecular flexibility index (Phi) is 5.16. The summed E-state index contributed by atoms with van der Waals surface area (Å²) in [5, 5.41) is 0. The molecule has 2 aromatic rings. The van der Waals surface area contributed by atoms with E-state index in [0.29, 0.717) is 0 Å². The van der Waals surface area contributed by atoms with Crippen molar-refractivity contribution in [2.75, 3.05) is 18.1 Å². The molecule has 0 fully saturated rings. The number of rotatable bonds is 6. The summed E-state index contributed by atoms with van der Waals surface area (Å²) in [6.07, 6.45) is 1.02. The van der Waals surface area contributed by atoms with E-state index in [4.69, 9.17) is 10.5 Å². The Hall–Kier alpha value is -1.61. The topological polar surface area (TPSA) is 35.2 Å². The van der Waals surface area contributed by atoms with E-state index in [1.54, 1.807) is 0 Å². The zero-order valence-corrected chi connectivity index (χ0v) is 12.0. The van der Waals surface area contributed by atoms with Crippen molar-refractivity contribution in [1.29, 1.82) is 0 Å². The van der Waals surface area contributed by atoms with Gasteiger partial charge in [0.15, 0.2) is 0 Å². The van der Waals surface area contributed by atoms with Gasteiger partial charge in [-0.2, -0.15) is 0 Å². The number of benzene rings is 2. The fourth-order valence-corrected chi connectivity index (χ4v) is 2.73. The van der Waals surface area contributed by atoms with E-state index in [0.717, 1.165) is 30.2 Å². The van der Waals surface area contributed by atoms with Crippen molar-refractivity contribution in [1.82, 2.24) is 0 Å². The summed E-state index contributed by atoms with van der Waals surface area (Å²) in [5.74, 6) is 1.98. The van der Waals surface area contributed by atoms with Gasteiger partial charge in [0, 0.05) is 16.3 Å². The summed E-state index contributed by atoms with van der Waals surface area (Å²) in [6, 6.07) is 16.0. The quantitative estimate of drug-likeness (QED) is 0.488. The number of nitrogen functional groups attached to an aromatic ring is 1. The Labute approximate surface area is 119 Å². The van der Waals surface area contributed by atoms with Crippen LogP contribution in [0, 0.1) is 6.92 Å². The van der Waals surface area contributed by atoms with Gasteiger partial charge in [-0.25, -0.2) is 0 Å². The van der Waals surface area contributed by atoms with Gasteiger partial charge in [0.2, 0.25) is 0 Å². The van der Waals surface area contributed by atoms with E-state index in [1.165, 1.54) is 10.5 Å². The van der Waals surface area contributed by atoms with E-state index in [9.17, 15) is 0 Å². The molecule has 0 aliphatic rings. The molecule has 2 nitrogen and oxygen atoms in total. The van der Waals surface area contributed by atoms with Gasteiger partial charge in [-0.15, -0.1) is 11.8 Å². The smallest absolute Gasteiger partial charge is 0.119 e. The standard InChI is InChI=1S/C16H19NOS/c1-13-15(17)9-5-10-16(13)19-12-6-11-18-14-7-3-2-4-8-14/h2-5,7-10H,6,11-12,17H2,1H3. The van der Waals surface area contributed by atoms with Gasteiger partial charge < -0.3 is 10.5 Å². The molecule has 0 aliphatic carbocycles. The molecule has 19 heavy (non-hydrogen) atoms. The highest BCUT2D eigenvalue weighted by atomic mass is 32.2. The van der Waals surface area contributed by atoms with Crippen molar-refractivity contribution < 1.29 is 4.74 Å². The highest BCUT2D eigenvalue weighted by molar-refractivity contribution is 7.99. The highest BCUT2D eigenvalue weighted by Gasteiger charge is 2.01. The molecule has 2 aromatic carbocycles. The normalized spacial score (nSPS) is 10.4. The summed E-state index contributed by atoms with van der Waals surface area (Å²) < 4.78 is 5.66. The molecule has 0 saturated carbocycles. The van der Waals surface area contributed by atoms with Gasteiger partial charge in [-0.3, -0.25) is 0 Å². The van der Waals surface area contributed by atoms with Crippen molar-refractivity contribution >= 4 is 17.4 Å². The van der Waals surface area contributed by atoms with Crippen LogP contribution in [0.5, 0.6) is 5.75 Å². The summed E-state index contributed by atoms with van der Waals surface area (Å²) in [7, 11) is 0. The third-order valence-electron chi connectivity index (χ3n) is 2.88. The van der Waals surface area contributed by atoms with Gasteiger partial charge in [-0.05, 0) is 43.2 Å². The number of ether oxygens (including phenoxy) is 1. The summed E-state index contributed by atoms with van der Waals surface area (Å²) in [6.45, 7) is 2.82. The monoisotopic (exact) mass is 273 g/mol. The minimum atomic E-state index is 0.748. The third-order valence-corrected chi connectivity index (χ3v) is 4.13. The Bertz CT molecular complexity index is 513. The van der Waals surface area contributed by atoms with Crippen LogP contribution >= 0.6 is 11.8 Å². The fraction of sp³-hybridized carbons (Fsp3) is 0.250. The molecular weight excluding hydrogens is 254 g/mol. The fourth-order valence-electron chi connectivity index (χ4n) is 1.74. The summed E-state index contributed by atoms with van der Waals surface area (Å²) in [4.78, 5) is 1.26. The molecule has 3 heteroatoms. The van der Waals surface area contributed by atoms with E-state index in [-0.39, 0.29) is 0 Å². The van der Waals surface area contributed by atoms with Crippen molar-refractivity contribution in [2.24, 2.45) is 0 Å². The number of hydrogen-bond donors (Lipinski definition) is 1. The molecule has 0 bridgehead atoms. The molecule has 2 N–H and O–H groups in total. The Morgan fingerprint density at radius 1 is 1.05 bits per heavy atom.